The number of pyridine rings is 1. The molecule has 1 aliphatic heterocycles. The van der Waals surface area contributed by atoms with Gasteiger partial charge in [-0.2, -0.15) is 5.11 Å². The van der Waals surface area contributed by atoms with Crippen LogP contribution in [-0.4, -0.2) is 53.7 Å². The molecule has 2 atom stereocenters. The van der Waals surface area contributed by atoms with Gasteiger partial charge in [0.15, 0.2) is 0 Å². The third kappa shape index (κ3) is 5.59. The maximum absolute atomic E-state index is 5.73. The van der Waals surface area contributed by atoms with Crippen molar-refractivity contribution in [3.63, 3.8) is 0 Å². The largest absolute Gasteiger partial charge is 0.330 e. The molecule has 27 heavy (non-hydrogen) atoms. The zero-order valence-corrected chi connectivity index (χ0v) is 16.8. The van der Waals surface area contributed by atoms with Crippen molar-refractivity contribution in [2.75, 3.05) is 32.7 Å². The fourth-order valence-corrected chi connectivity index (χ4v) is 4.00. The average Bonchev–Trinajstić information content (AvgIpc) is 3.13. The molecule has 0 spiro atoms. The van der Waals surface area contributed by atoms with E-state index in [1.807, 2.05) is 6.20 Å². The van der Waals surface area contributed by atoms with Crippen molar-refractivity contribution in [1.29, 1.82) is 0 Å². The van der Waals surface area contributed by atoms with Crippen LogP contribution >= 0.6 is 0 Å². The summed E-state index contributed by atoms with van der Waals surface area (Å²) < 4.78 is 0. The lowest BCUT2D eigenvalue weighted by atomic mass is 9.90. The molecule has 2 unspecified atom stereocenters. The Hall–Kier alpha value is -1.79. The van der Waals surface area contributed by atoms with Crippen LogP contribution in [0.1, 0.15) is 56.8 Å². The highest BCUT2D eigenvalue weighted by atomic mass is 15.6. The first kappa shape index (κ1) is 20.0. The summed E-state index contributed by atoms with van der Waals surface area (Å²) >= 11 is 0. The van der Waals surface area contributed by atoms with Gasteiger partial charge in [0.25, 0.3) is 0 Å². The van der Waals surface area contributed by atoms with Crippen molar-refractivity contribution in [1.82, 2.24) is 14.9 Å². The standard InChI is InChI=1S/C21H34N6/c1-17(2)10-14-27-16-19(24-25-27)15-26(13-4-3-11-22)20-9-5-7-18-8-6-12-23-21(18)20/h6,8,10,12,19-20H,3-5,7,9,11,13-16,22H2,1-2H3. The lowest BCUT2D eigenvalue weighted by molar-refractivity contribution is 0.159. The van der Waals surface area contributed by atoms with Gasteiger partial charge in [0, 0.05) is 12.7 Å². The summed E-state index contributed by atoms with van der Waals surface area (Å²) in [5.74, 6) is 0. The molecule has 0 saturated carbocycles. The molecule has 2 heterocycles. The monoisotopic (exact) mass is 370 g/mol. The molecule has 0 amide bonds. The molecule has 0 aromatic carbocycles. The van der Waals surface area contributed by atoms with Gasteiger partial charge in [0.05, 0.1) is 24.8 Å². The fraction of sp³-hybridized carbons (Fsp3) is 0.667. The van der Waals surface area contributed by atoms with Crippen LogP contribution in [0.25, 0.3) is 0 Å². The van der Waals surface area contributed by atoms with Crippen LogP contribution in [0.3, 0.4) is 0 Å². The Labute approximate surface area is 163 Å². The summed E-state index contributed by atoms with van der Waals surface area (Å²) in [6.45, 7) is 8.75. The first-order valence-corrected chi connectivity index (χ1v) is 10.3. The number of aromatic nitrogens is 1. The summed E-state index contributed by atoms with van der Waals surface area (Å²) in [6.07, 6.45) is 9.90. The normalized spacial score (nSPS) is 21.6. The summed E-state index contributed by atoms with van der Waals surface area (Å²) in [4.78, 5) is 7.34. The number of nitrogens with zero attached hydrogens (tertiary/aromatic N) is 5. The Bertz CT molecular complexity index is 652. The molecule has 0 saturated heterocycles. The Morgan fingerprint density at radius 2 is 2.26 bits per heavy atom. The SMILES string of the molecule is CC(C)=CCN1CC(CN(CCCCN)C2CCCc3cccnc32)N=N1. The van der Waals surface area contributed by atoms with Gasteiger partial charge in [-0.25, -0.2) is 0 Å². The molecule has 6 nitrogen and oxygen atoms in total. The van der Waals surface area contributed by atoms with Crippen LogP contribution in [0.2, 0.25) is 0 Å². The average molecular weight is 371 g/mol. The lowest BCUT2D eigenvalue weighted by Crippen LogP contribution is -2.39. The molecule has 2 aliphatic rings. The van der Waals surface area contributed by atoms with E-state index in [-0.39, 0.29) is 6.04 Å². The number of unbranched alkanes of at least 4 members (excludes halogenated alkanes) is 1. The number of allylic oxidation sites excluding steroid dienone is 1. The van der Waals surface area contributed by atoms with Gasteiger partial charge in [-0.15, -0.1) is 0 Å². The van der Waals surface area contributed by atoms with Gasteiger partial charge in [-0.3, -0.25) is 14.9 Å². The number of nitrogens with two attached hydrogens (primary N) is 1. The second-order valence-electron chi connectivity index (χ2n) is 7.96. The van der Waals surface area contributed by atoms with Crippen LogP contribution in [0, 0.1) is 0 Å². The number of rotatable bonds is 9. The van der Waals surface area contributed by atoms with Crippen molar-refractivity contribution >= 4 is 0 Å². The molecule has 0 bridgehead atoms. The molecule has 0 fully saturated rings. The van der Waals surface area contributed by atoms with Gasteiger partial charge in [0.2, 0.25) is 0 Å². The van der Waals surface area contributed by atoms with E-state index in [1.165, 1.54) is 29.7 Å². The number of hydrogen-bond acceptors (Lipinski definition) is 6. The molecular weight excluding hydrogens is 336 g/mol. The first-order chi connectivity index (χ1) is 13.2. The predicted molar refractivity (Wildman–Crippen MR) is 109 cm³/mol. The maximum atomic E-state index is 5.73. The highest BCUT2D eigenvalue weighted by Gasteiger charge is 2.30. The van der Waals surface area contributed by atoms with Crippen LogP contribution in [0.15, 0.2) is 40.3 Å². The Morgan fingerprint density at radius 3 is 3.07 bits per heavy atom. The molecule has 0 radical (unpaired) electrons. The van der Waals surface area contributed by atoms with Crippen molar-refractivity contribution < 1.29 is 0 Å². The van der Waals surface area contributed by atoms with Crippen molar-refractivity contribution in [3.8, 4) is 0 Å². The summed E-state index contributed by atoms with van der Waals surface area (Å²) in [5, 5.41) is 11.0. The minimum Gasteiger partial charge on any atom is -0.330 e. The van der Waals surface area contributed by atoms with E-state index in [9.17, 15) is 0 Å². The second-order valence-corrected chi connectivity index (χ2v) is 7.96. The Morgan fingerprint density at radius 1 is 1.37 bits per heavy atom. The zero-order valence-electron chi connectivity index (χ0n) is 16.8. The molecule has 6 heteroatoms. The molecule has 1 aromatic rings. The van der Waals surface area contributed by atoms with E-state index in [0.717, 1.165) is 52.0 Å². The predicted octanol–water partition coefficient (Wildman–Crippen LogP) is 3.52. The Balaban J connectivity index is 1.66. The number of aryl methyl sites for hydroxylation is 1. The van der Waals surface area contributed by atoms with E-state index in [2.05, 4.69) is 52.3 Å². The summed E-state index contributed by atoms with van der Waals surface area (Å²) in [6, 6.07) is 4.94. The van der Waals surface area contributed by atoms with Gasteiger partial charge in [0.1, 0.15) is 6.04 Å². The Kier molecular flexibility index (Phi) is 7.35. The topological polar surface area (TPSA) is 70.1 Å². The lowest BCUT2D eigenvalue weighted by Gasteiger charge is -2.36. The molecular formula is C21H34N6. The van der Waals surface area contributed by atoms with Gasteiger partial charge in [-0.05, 0) is 70.7 Å². The van der Waals surface area contributed by atoms with E-state index >= 15 is 0 Å². The van der Waals surface area contributed by atoms with Crippen LogP contribution in [0.5, 0.6) is 0 Å². The molecule has 1 aromatic heterocycles. The van der Waals surface area contributed by atoms with Crippen molar-refractivity contribution in [3.05, 3.63) is 41.2 Å². The quantitative estimate of drug-likeness (QED) is 0.533. The molecule has 2 N–H and O–H groups in total. The molecule has 1 aliphatic carbocycles. The molecule has 3 rings (SSSR count). The fourth-order valence-electron chi connectivity index (χ4n) is 4.00. The highest BCUT2D eigenvalue weighted by Crippen LogP contribution is 2.33. The highest BCUT2D eigenvalue weighted by molar-refractivity contribution is 5.25. The van der Waals surface area contributed by atoms with E-state index in [4.69, 9.17) is 10.7 Å². The van der Waals surface area contributed by atoms with Crippen molar-refractivity contribution in [2.45, 2.75) is 58.0 Å². The van der Waals surface area contributed by atoms with Crippen LogP contribution < -0.4 is 5.73 Å². The van der Waals surface area contributed by atoms with Crippen LogP contribution in [-0.2, 0) is 6.42 Å². The van der Waals surface area contributed by atoms with E-state index in [0.29, 0.717) is 6.04 Å². The van der Waals surface area contributed by atoms with Crippen molar-refractivity contribution in [2.24, 2.45) is 16.1 Å². The van der Waals surface area contributed by atoms with E-state index in [1.54, 1.807) is 0 Å². The zero-order chi connectivity index (χ0) is 19.1. The summed E-state index contributed by atoms with van der Waals surface area (Å²) in [5.41, 5.74) is 9.74. The maximum Gasteiger partial charge on any atom is 0.105 e. The van der Waals surface area contributed by atoms with E-state index < -0.39 is 0 Å². The minimum atomic E-state index is 0.238. The third-order valence-electron chi connectivity index (χ3n) is 5.42. The van der Waals surface area contributed by atoms with Gasteiger partial charge >= 0.3 is 0 Å². The first-order valence-electron chi connectivity index (χ1n) is 10.3. The minimum absolute atomic E-state index is 0.238. The van der Waals surface area contributed by atoms with Gasteiger partial charge < -0.3 is 5.73 Å². The third-order valence-corrected chi connectivity index (χ3v) is 5.42. The number of hydrogen-bond donors (Lipinski definition) is 1. The van der Waals surface area contributed by atoms with Gasteiger partial charge in [-0.1, -0.05) is 22.9 Å². The second kappa shape index (κ2) is 9.95. The summed E-state index contributed by atoms with van der Waals surface area (Å²) in [7, 11) is 0. The smallest absolute Gasteiger partial charge is 0.105 e. The molecule has 148 valence electrons. The number of fused-ring (bicyclic) bond motifs is 1. The van der Waals surface area contributed by atoms with Crippen LogP contribution in [0.4, 0.5) is 0 Å².